The van der Waals surface area contributed by atoms with Gasteiger partial charge < -0.3 is 10.8 Å². The summed E-state index contributed by atoms with van der Waals surface area (Å²) in [5.41, 5.74) is 5.30. The third-order valence-electron chi connectivity index (χ3n) is 1.24. The smallest absolute Gasteiger partial charge is 0.0692 e. The quantitative estimate of drug-likeness (QED) is 0.446. The second-order valence-electron chi connectivity index (χ2n) is 2.45. The highest BCUT2D eigenvalue weighted by Gasteiger charge is 1.84. The van der Waals surface area contributed by atoms with Crippen LogP contribution in [0.4, 0.5) is 0 Å². The van der Waals surface area contributed by atoms with Crippen molar-refractivity contribution < 1.29 is 5.11 Å². The molecule has 0 aliphatic rings. The first-order valence-electron chi connectivity index (χ1n) is 3.82. The number of hydrogen-bond acceptors (Lipinski definition) is 2. The molecule has 0 aromatic rings. The van der Waals surface area contributed by atoms with E-state index in [4.69, 9.17) is 10.8 Å². The largest absolute Gasteiger partial charge is 0.389 e. The Hall–Kier alpha value is -0.340. The summed E-state index contributed by atoms with van der Waals surface area (Å²) in [6.45, 7) is 2.52. The summed E-state index contributed by atoms with van der Waals surface area (Å²) < 4.78 is 0. The van der Waals surface area contributed by atoms with Crippen LogP contribution in [0.5, 0.6) is 0 Å². The van der Waals surface area contributed by atoms with Gasteiger partial charge in [0.1, 0.15) is 0 Å². The Morgan fingerprint density at radius 2 is 2.20 bits per heavy atom. The van der Waals surface area contributed by atoms with Gasteiger partial charge in [-0.3, -0.25) is 0 Å². The molecule has 2 heteroatoms. The second kappa shape index (κ2) is 6.78. The van der Waals surface area contributed by atoms with Crippen LogP contribution in [0.1, 0.15) is 26.2 Å². The molecule has 0 aliphatic carbocycles. The summed E-state index contributed by atoms with van der Waals surface area (Å²) in [4.78, 5) is 0. The van der Waals surface area contributed by atoms with Gasteiger partial charge >= 0.3 is 0 Å². The minimum Gasteiger partial charge on any atom is -0.389 e. The molecule has 3 N–H and O–H groups in total. The van der Waals surface area contributed by atoms with E-state index in [0.717, 1.165) is 25.8 Å². The average Bonchev–Trinajstić information content (AvgIpc) is 1.87. The van der Waals surface area contributed by atoms with Gasteiger partial charge in [-0.15, -0.1) is 0 Å². The number of rotatable bonds is 5. The van der Waals surface area contributed by atoms with E-state index in [0.29, 0.717) is 0 Å². The maximum atomic E-state index is 8.80. The van der Waals surface area contributed by atoms with Gasteiger partial charge in [0, 0.05) is 0 Å². The Morgan fingerprint density at radius 3 is 2.70 bits per heavy atom. The normalized spacial score (nSPS) is 14.3. The number of aliphatic hydroxyl groups excluding tert-OH is 1. The van der Waals surface area contributed by atoms with E-state index in [-0.39, 0.29) is 6.10 Å². The lowest BCUT2D eigenvalue weighted by molar-refractivity contribution is 0.244. The number of allylic oxidation sites excluding steroid dienone is 1. The van der Waals surface area contributed by atoms with E-state index in [1.807, 2.05) is 6.08 Å². The van der Waals surface area contributed by atoms with E-state index >= 15 is 0 Å². The first-order chi connectivity index (χ1) is 4.77. The van der Waals surface area contributed by atoms with Crippen LogP contribution in [0.3, 0.4) is 0 Å². The van der Waals surface area contributed by atoms with E-state index in [2.05, 4.69) is 0 Å². The lowest BCUT2D eigenvalue weighted by Gasteiger charge is -1.93. The molecule has 2 nitrogen and oxygen atoms in total. The number of aliphatic hydroxyl groups is 1. The molecule has 0 aliphatic heterocycles. The highest BCUT2D eigenvalue weighted by molar-refractivity contribution is 4.85. The predicted molar refractivity (Wildman–Crippen MR) is 43.7 cm³/mol. The minimum absolute atomic E-state index is 0.308. The fourth-order valence-electron chi connectivity index (χ4n) is 0.700. The Kier molecular flexibility index (Phi) is 6.55. The summed E-state index contributed by atoms with van der Waals surface area (Å²) in [6, 6.07) is 0. The van der Waals surface area contributed by atoms with Gasteiger partial charge in [0.15, 0.2) is 0 Å². The van der Waals surface area contributed by atoms with Crippen molar-refractivity contribution in [2.75, 3.05) is 6.54 Å². The van der Waals surface area contributed by atoms with E-state index < -0.39 is 0 Å². The van der Waals surface area contributed by atoms with Crippen molar-refractivity contribution in [1.29, 1.82) is 0 Å². The lowest BCUT2D eigenvalue weighted by atomic mass is 10.2. The van der Waals surface area contributed by atoms with Crippen LogP contribution in [-0.4, -0.2) is 17.8 Å². The Bertz CT molecular complexity index is 89.3. The van der Waals surface area contributed by atoms with Crippen molar-refractivity contribution in [3.8, 4) is 0 Å². The molecule has 0 aromatic heterocycles. The second-order valence-corrected chi connectivity index (χ2v) is 2.45. The van der Waals surface area contributed by atoms with Crippen molar-refractivity contribution >= 4 is 0 Å². The molecule has 0 radical (unpaired) electrons. The molecule has 1 atom stereocenters. The molecule has 0 spiro atoms. The molecule has 0 saturated heterocycles. The van der Waals surface area contributed by atoms with Gasteiger partial charge in [0.05, 0.1) is 6.10 Å². The van der Waals surface area contributed by atoms with Crippen molar-refractivity contribution in [3.05, 3.63) is 12.2 Å². The Labute approximate surface area is 62.7 Å². The Balaban J connectivity index is 3.02. The third-order valence-corrected chi connectivity index (χ3v) is 1.24. The summed E-state index contributed by atoms with van der Waals surface area (Å²) in [5, 5.41) is 8.80. The Morgan fingerprint density at radius 1 is 1.50 bits per heavy atom. The molecular formula is C8H17NO. The van der Waals surface area contributed by atoms with Crippen molar-refractivity contribution in [1.82, 2.24) is 0 Å². The highest BCUT2D eigenvalue weighted by Crippen LogP contribution is 1.95. The molecule has 10 heavy (non-hydrogen) atoms. The zero-order valence-electron chi connectivity index (χ0n) is 6.59. The van der Waals surface area contributed by atoms with Crippen LogP contribution in [0, 0.1) is 0 Å². The van der Waals surface area contributed by atoms with Crippen LogP contribution in [0.15, 0.2) is 12.2 Å². The van der Waals surface area contributed by atoms with Gasteiger partial charge in [0.2, 0.25) is 0 Å². The zero-order valence-corrected chi connectivity index (χ0v) is 6.59. The highest BCUT2D eigenvalue weighted by atomic mass is 16.3. The number of nitrogens with two attached hydrogens (primary N) is 1. The van der Waals surface area contributed by atoms with E-state index in [1.165, 1.54) is 0 Å². The van der Waals surface area contributed by atoms with Crippen LogP contribution >= 0.6 is 0 Å². The van der Waals surface area contributed by atoms with Crippen LogP contribution in [0.25, 0.3) is 0 Å². The van der Waals surface area contributed by atoms with Crippen molar-refractivity contribution in [2.45, 2.75) is 32.3 Å². The molecule has 0 fully saturated rings. The fourth-order valence-corrected chi connectivity index (χ4v) is 0.700. The molecule has 0 aromatic carbocycles. The van der Waals surface area contributed by atoms with Gasteiger partial charge in [0.25, 0.3) is 0 Å². The SMILES string of the molecule is CC(O)/C=C/CCCCN. The van der Waals surface area contributed by atoms with Crippen molar-refractivity contribution in [2.24, 2.45) is 5.73 Å². The first-order valence-corrected chi connectivity index (χ1v) is 3.82. The number of unbranched alkanes of at least 4 members (excludes halogenated alkanes) is 2. The zero-order chi connectivity index (χ0) is 7.82. The van der Waals surface area contributed by atoms with Crippen LogP contribution in [-0.2, 0) is 0 Å². The first kappa shape index (κ1) is 9.66. The average molecular weight is 143 g/mol. The van der Waals surface area contributed by atoms with Crippen LogP contribution in [0.2, 0.25) is 0 Å². The molecule has 1 unspecified atom stereocenters. The standard InChI is InChI=1S/C8H17NO/c1-8(10)6-4-2-3-5-7-9/h4,6,8,10H,2-3,5,7,9H2,1H3/b6-4+. The maximum Gasteiger partial charge on any atom is 0.0692 e. The molecule has 0 heterocycles. The summed E-state index contributed by atoms with van der Waals surface area (Å²) >= 11 is 0. The molecule has 60 valence electrons. The van der Waals surface area contributed by atoms with Crippen LogP contribution < -0.4 is 5.73 Å². The predicted octanol–water partition coefficient (Wildman–Crippen LogP) is 1.05. The van der Waals surface area contributed by atoms with Gasteiger partial charge in [-0.1, -0.05) is 12.2 Å². The molecule has 0 saturated carbocycles. The topological polar surface area (TPSA) is 46.2 Å². The molecule has 0 bridgehead atoms. The van der Waals surface area contributed by atoms with E-state index in [1.54, 1.807) is 13.0 Å². The fraction of sp³-hybridized carbons (Fsp3) is 0.750. The third kappa shape index (κ3) is 7.66. The summed E-state index contributed by atoms with van der Waals surface area (Å²) in [5.74, 6) is 0. The summed E-state index contributed by atoms with van der Waals surface area (Å²) in [7, 11) is 0. The summed E-state index contributed by atoms with van der Waals surface area (Å²) in [6.07, 6.45) is 6.72. The lowest BCUT2D eigenvalue weighted by Crippen LogP contribution is -1.97. The molecular weight excluding hydrogens is 126 g/mol. The minimum atomic E-state index is -0.308. The van der Waals surface area contributed by atoms with Gasteiger partial charge in [-0.05, 0) is 32.7 Å². The molecule has 0 rings (SSSR count). The monoisotopic (exact) mass is 143 g/mol. The molecule has 0 amide bonds. The van der Waals surface area contributed by atoms with Crippen molar-refractivity contribution in [3.63, 3.8) is 0 Å². The van der Waals surface area contributed by atoms with Gasteiger partial charge in [-0.25, -0.2) is 0 Å². The maximum absolute atomic E-state index is 8.80. The van der Waals surface area contributed by atoms with Gasteiger partial charge in [-0.2, -0.15) is 0 Å². The number of hydrogen-bond donors (Lipinski definition) is 2. The van der Waals surface area contributed by atoms with E-state index in [9.17, 15) is 0 Å².